The first kappa shape index (κ1) is 24.8. The number of hydrogen-bond acceptors (Lipinski definition) is 8. The minimum absolute atomic E-state index is 0.00567. The number of carbonyl (C=O) groups excluding carboxylic acids is 2. The summed E-state index contributed by atoms with van der Waals surface area (Å²) < 4.78 is 32.9. The third-order valence-electron chi connectivity index (χ3n) is 5.56. The van der Waals surface area contributed by atoms with Crippen LogP contribution in [0.15, 0.2) is 18.3 Å². The highest BCUT2D eigenvalue weighted by molar-refractivity contribution is 6.13. The van der Waals surface area contributed by atoms with Crippen LogP contribution >= 0.6 is 0 Å². The molecule has 1 aromatic heterocycles. The summed E-state index contributed by atoms with van der Waals surface area (Å²) in [5.74, 6) is -4.93. The van der Waals surface area contributed by atoms with Crippen molar-refractivity contribution in [2.45, 2.75) is 50.6 Å². The number of hydrogen-bond donors (Lipinski definition) is 4. The summed E-state index contributed by atoms with van der Waals surface area (Å²) >= 11 is 0. The number of halogens is 2. The van der Waals surface area contributed by atoms with Crippen LogP contribution in [-0.2, 0) is 9.59 Å². The second-order valence-electron chi connectivity index (χ2n) is 7.91. The zero-order chi connectivity index (χ0) is 24.8. The third kappa shape index (κ3) is 5.94. The van der Waals surface area contributed by atoms with Crippen LogP contribution in [-0.4, -0.2) is 51.9 Å². The lowest BCUT2D eigenvalue weighted by atomic mass is 9.91. The minimum atomic E-state index is -1.35. The van der Waals surface area contributed by atoms with E-state index in [2.05, 4.69) is 20.6 Å². The molecule has 1 aliphatic carbocycles. The third-order valence-corrected chi connectivity index (χ3v) is 5.56. The predicted octanol–water partition coefficient (Wildman–Crippen LogP) is 2.28. The number of nitrogens with two attached hydrogens (primary N) is 1. The van der Waals surface area contributed by atoms with Crippen molar-refractivity contribution < 1.29 is 33.0 Å². The van der Waals surface area contributed by atoms with E-state index in [1.54, 1.807) is 0 Å². The second kappa shape index (κ2) is 10.9. The highest BCUT2D eigenvalue weighted by atomic mass is 19.2. The lowest BCUT2D eigenvalue weighted by molar-refractivity contribution is -0.139. The number of ketones is 1. The number of amides is 1. The van der Waals surface area contributed by atoms with Crippen molar-refractivity contribution in [3.63, 3.8) is 0 Å². The molecule has 1 saturated carbocycles. The summed E-state index contributed by atoms with van der Waals surface area (Å²) in [6.07, 6.45) is 3.63. The van der Waals surface area contributed by atoms with Gasteiger partial charge in [-0.15, -0.1) is 0 Å². The van der Waals surface area contributed by atoms with E-state index in [4.69, 9.17) is 15.6 Å². The highest BCUT2D eigenvalue weighted by Crippen LogP contribution is 2.28. The fraction of sp³-hybridized carbons (Fsp3) is 0.409. The molecule has 0 bridgehead atoms. The number of benzene rings is 1. The fourth-order valence-corrected chi connectivity index (χ4v) is 3.77. The molecule has 0 atom stereocenters. The molecule has 0 saturated heterocycles. The average molecular weight is 477 g/mol. The number of nitrogens with one attached hydrogen (secondary N) is 2. The Morgan fingerprint density at radius 1 is 1.15 bits per heavy atom. The van der Waals surface area contributed by atoms with Gasteiger partial charge in [0.1, 0.15) is 17.1 Å². The molecule has 0 unspecified atom stereocenters. The number of anilines is 2. The zero-order valence-electron chi connectivity index (χ0n) is 18.4. The molecule has 2 aromatic rings. The maximum Gasteiger partial charge on any atom is 0.303 e. The van der Waals surface area contributed by atoms with Crippen molar-refractivity contribution in [2.24, 2.45) is 0 Å². The van der Waals surface area contributed by atoms with E-state index in [0.717, 1.165) is 18.3 Å². The summed E-state index contributed by atoms with van der Waals surface area (Å²) in [4.78, 5) is 43.3. The number of aliphatic carboxylic acids is 1. The number of aromatic nitrogens is 2. The van der Waals surface area contributed by atoms with Gasteiger partial charge in [-0.3, -0.25) is 14.4 Å². The van der Waals surface area contributed by atoms with Crippen LogP contribution in [0, 0.1) is 11.6 Å². The molecule has 34 heavy (non-hydrogen) atoms. The van der Waals surface area contributed by atoms with Crippen LogP contribution in [0.4, 0.5) is 20.5 Å². The summed E-state index contributed by atoms with van der Waals surface area (Å²) in [5.41, 5.74) is 5.12. The maximum atomic E-state index is 14.3. The van der Waals surface area contributed by atoms with Gasteiger partial charge in [-0.05, 0) is 37.8 Å². The topological polar surface area (TPSA) is 157 Å². The predicted molar refractivity (Wildman–Crippen MR) is 117 cm³/mol. The molecule has 0 aliphatic heterocycles. The molecule has 1 aromatic carbocycles. The van der Waals surface area contributed by atoms with Gasteiger partial charge in [0.25, 0.3) is 0 Å². The lowest BCUT2D eigenvalue weighted by Gasteiger charge is -2.29. The van der Waals surface area contributed by atoms with Crippen LogP contribution in [0.1, 0.15) is 54.4 Å². The van der Waals surface area contributed by atoms with Crippen LogP contribution < -0.4 is 21.1 Å². The fourth-order valence-electron chi connectivity index (χ4n) is 3.77. The monoisotopic (exact) mass is 477 g/mol. The Balaban J connectivity index is 1.61. The van der Waals surface area contributed by atoms with Gasteiger partial charge in [-0.2, -0.15) is 4.98 Å². The van der Waals surface area contributed by atoms with Gasteiger partial charge >= 0.3 is 5.97 Å². The number of nitrogen functional groups attached to an aromatic ring is 1. The molecular weight excluding hydrogens is 452 g/mol. The molecule has 0 radical (unpaired) electrons. The van der Waals surface area contributed by atoms with Crippen LogP contribution in [0.2, 0.25) is 0 Å². The molecule has 1 fully saturated rings. The first-order valence-corrected chi connectivity index (χ1v) is 10.7. The van der Waals surface area contributed by atoms with Gasteiger partial charge in [0.15, 0.2) is 11.6 Å². The van der Waals surface area contributed by atoms with Gasteiger partial charge in [-0.1, -0.05) is 0 Å². The number of carboxylic acids is 1. The normalized spacial score (nSPS) is 17.6. The van der Waals surface area contributed by atoms with Crippen molar-refractivity contribution >= 4 is 29.4 Å². The summed E-state index contributed by atoms with van der Waals surface area (Å²) in [6.45, 7) is 0. The Hall–Kier alpha value is -3.83. The largest absolute Gasteiger partial charge is 0.496 e. The van der Waals surface area contributed by atoms with Gasteiger partial charge in [0, 0.05) is 24.7 Å². The molecule has 12 heteroatoms. The number of ether oxygens (including phenoxy) is 1. The molecule has 3 rings (SSSR count). The summed E-state index contributed by atoms with van der Waals surface area (Å²) in [5, 5.41) is 14.6. The number of carboxylic acid groups (broad SMARTS) is 1. The average Bonchev–Trinajstić information content (AvgIpc) is 2.80. The molecule has 1 heterocycles. The van der Waals surface area contributed by atoms with Crippen molar-refractivity contribution in [1.29, 1.82) is 0 Å². The summed E-state index contributed by atoms with van der Waals surface area (Å²) in [7, 11) is 1.23. The van der Waals surface area contributed by atoms with Crippen LogP contribution in [0.5, 0.6) is 5.75 Å². The standard InChI is InChI=1S/C22H25F2N5O5/c1-34-15-7-6-14(23)19(24)18(15)20(33)13-10-26-22(29-21(13)25)28-12-4-2-11(3-5-12)27-16(30)8-9-17(31)32/h6-7,10-12H,2-5,8-9H2,1H3,(H,27,30)(H,31,32)(H3,25,26,28,29). The van der Waals surface area contributed by atoms with Gasteiger partial charge < -0.3 is 26.2 Å². The van der Waals surface area contributed by atoms with E-state index in [1.807, 2.05) is 0 Å². The second-order valence-corrected chi connectivity index (χ2v) is 7.91. The number of methoxy groups -OCH3 is 1. The van der Waals surface area contributed by atoms with E-state index in [9.17, 15) is 23.2 Å². The zero-order valence-corrected chi connectivity index (χ0v) is 18.4. The van der Waals surface area contributed by atoms with Gasteiger partial charge in [0.2, 0.25) is 17.6 Å². The summed E-state index contributed by atoms with van der Waals surface area (Å²) in [6, 6.07) is 1.95. The van der Waals surface area contributed by atoms with E-state index in [-0.39, 0.29) is 53.9 Å². The molecule has 10 nitrogen and oxygen atoms in total. The molecule has 5 N–H and O–H groups in total. The SMILES string of the molecule is COc1ccc(F)c(F)c1C(=O)c1cnc(NC2CCC(NC(=O)CCC(=O)O)CC2)nc1N. The van der Waals surface area contributed by atoms with E-state index >= 15 is 0 Å². The van der Waals surface area contributed by atoms with Gasteiger partial charge in [0.05, 0.1) is 19.1 Å². The van der Waals surface area contributed by atoms with Crippen molar-refractivity contribution in [1.82, 2.24) is 15.3 Å². The number of nitrogens with zero attached hydrogens (tertiary/aromatic N) is 2. The maximum absolute atomic E-state index is 14.3. The Morgan fingerprint density at radius 3 is 2.44 bits per heavy atom. The van der Waals surface area contributed by atoms with Crippen LogP contribution in [0.25, 0.3) is 0 Å². The van der Waals surface area contributed by atoms with Gasteiger partial charge in [-0.25, -0.2) is 13.8 Å². The van der Waals surface area contributed by atoms with Crippen molar-refractivity contribution in [3.8, 4) is 5.75 Å². The number of carbonyl (C=O) groups is 3. The first-order chi connectivity index (χ1) is 16.2. The lowest BCUT2D eigenvalue weighted by Crippen LogP contribution is -2.40. The van der Waals surface area contributed by atoms with E-state index in [0.29, 0.717) is 25.7 Å². The molecule has 182 valence electrons. The Morgan fingerprint density at radius 2 is 1.82 bits per heavy atom. The first-order valence-electron chi connectivity index (χ1n) is 10.7. The minimum Gasteiger partial charge on any atom is -0.496 e. The number of rotatable bonds is 9. The highest BCUT2D eigenvalue weighted by Gasteiger charge is 2.26. The van der Waals surface area contributed by atoms with E-state index < -0.39 is 29.0 Å². The quantitative estimate of drug-likeness (QED) is 0.398. The Kier molecular flexibility index (Phi) is 7.92. The van der Waals surface area contributed by atoms with Crippen molar-refractivity contribution in [2.75, 3.05) is 18.2 Å². The van der Waals surface area contributed by atoms with E-state index in [1.165, 1.54) is 7.11 Å². The molecule has 1 amide bonds. The molecule has 0 spiro atoms. The molecular formula is C22H25F2N5O5. The van der Waals surface area contributed by atoms with Crippen LogP contribution in [0.3, 0.4) is 0 Å². The molecule has 1 aliphatic rings. The Labute approximate surface area is 193 Å². The smallest absolute Gasteiger partial charge is 0.303 e. The van der Waals surface area contributed by atoms with Crippen molar-refractivity contribution in [3.05, 3.63) is 41.1 Å². The Bertz CT molecular complexity index is 1090.